The van der Waals surface area contributed by atoms with E-state index in [1.54, 1.807) is 0 Å². The van der Waals surface area contributed by atoms with Gasteiger partial charge in [-0.15, -0.1) is 0 Å². The fraction of sp³-hybridized carbons (Fsp3) is 0.438. The smallest absolute Gasteiger partial charge is 0.0847 e. The summed E-state index contributed by atoms with van der Waals surface area (Å²) >= 11 is 0. The van der Waals surface area contributed by atoms with Gasteiger partial charge in [0.2, 0.25) is 0 Å². The number of nitriles is 1. The molecular weight excluding hydrogens is 220 g/mol. The van der Waals surface area contributed by atoms with Crippen molar-refractivity contribution in [1.29, 1.82) is 5.26 Å². The molecule has 1 fully saturated rings. The molecule has 18 heavy (non-hydrogen) atoms. The second-order valence-electron chi connectivity index (χ2n) is 5.72. The van der Waals surface area contributed by atoms with Crippen LogP contribution in [-0.2, 0) is 18.4 Å². The van der Waals surface area contributed by atoms with Crippen LogP contribution in [0.3, 0.4) is 0 Å². The quantitative estimate of drug-likeness (QED) is 0.745. The molecule has 90 valence electrons. The number of para-hydroxylation sites is 1. The summed E-state index contributed by atoms with van der Waals surface area (Å²) in [5.41, 5.74) is 5.34. The molecular formula is C16H16N2. The normalized spacial score (nSPS) is 19.8. The van der Waals surface area contributed by atoms with Crippen molar-refractivity contribution in [1.82, 2.24) is 4.57 Å². The van der Waals surface area contributed by atoms with Gasteiger partial charge in [0.05, 0.1) is 17.0 Å². The van der Waals surface area contributed by atoms with E-state index in [2.05, 4.69) is 35.8 Å². The van der Waals surface area contributed by atoms with Gasteiger partial charge in [-0.3, -0.25) is 0 Å². The monoisotopic (exact) mass is 236 g/mol. The Balaban J connectivity index is 2.14. The van der Waals surface area contributed by atoms with Crippen LogP contribution in [0.15, 0.2) is 18.2 Å². The van der Waals surface area contributed by atoms with Crippen molar-refractivity contribution in [3.8, 4) is 6.07 Å². The molecule has 0 amide bonds. The summed E-state index contributed by atoms with van der Waals surface area (Å²) in [5, 5.41) is 10.8. The minimum atomic E-state index is -0.170. The molecule has 0 N–H and O–H groups in total. The summed E-state index contributed by atoms with van der Waals surface area (Å²) in [6.45, 7) is 3.31. The lowest BCUT2D eigenvalue weighted by Gasteiger charge is -2.16. The van der Waals surface area contributed by atoms with Gasteiger partial charge < -0.3 is 4.57 Å². The number of rotatable bonds is 1. The van der Waals surface area contributed by atoms with Crippen molar-refractivity contribution in [2.45, 2.75) is 44.6 Å². The summed E-state index contributed by atoms with van der Waals surface area (Å²) in [6, 6.07) is 9.17. The Morgan fingerprint density at radius 3 is 2.89 bits per heavy atom. The third-order valence-electron chi connectivity index (χ3n) is 4.70. The first-order valence-electron chi connectivity index (χ1n) is 6.79. The summed E-state index contributed by atoms with van der Waals surface area (Å²) in [4.78, 5) is 0. The van der Waals surface area contributed by atoms with E-state index in [1.165, 1.54) is 40.6 Å². The van der Waals surface area contributed by atoms with Gasteiger partial charge >= 0.3 is 0 Å². The van der Waals surface area contributed by atoms with Crippen LogP contribution in [0.4, 0.5) is 0 Å². The van der Waals surface area contributed by atoms with Crippen LogP contribution in [0, 0.1) is 18.3 Å². The SMILES string of the molecule is Cc1c(C2(C#N)CC2)c2cccc3c2n1CCC3. The molecule has 0 saturated heterocycles. The molecule has 1 saturated carbocycles. The Morgan fingerprint density at radius 2 is 2.17 bits per heavy atom. The molecule has 0 radical (unpaired) electrons. The van der Waals surface area contributed by atoms with Crippen LogP contribution in [0.1, 0.15) is 36.1 Å². The summed E-state index contributed by atoms with van der Waals surface area (Å²) in [5.74, 6) is 0. The lowest BCUT2D eigenvalue weighted by Crippen LogP contribution is -2.09. The molecule has 0 atom stereocenters. The highest BCUT2D eigenvalue weighted by Crippen LogP contribution is 2.52. The number of nitrogens with zero attached hydrogens (tertiary/aromatic N) is 2. The number of hydrogen-bond acceptors (Lipinski definition) is 1. The predicted octanol–water partition coefficient (Wildman–Crippen LogP) is 3.45. The van der Waals surface area contributed by atoms with Crippen LogP contribution >= 0.6 is 0 Å². The maximum Gasteiger partial charge on any atom is 0.0847 e. The maximum absolute atomic E-state index is 9.50. The van der Waals surface area contributed by atoms with E-state index in [4.69, 9.17) is 0 Å². The number of aryl methyl sites for hydroxylation is 2. The molecule has 2 heteroatoms. The van der Waals surface area contributed by atoms with Crippen LogP contribution in [0.25, 0.3) is 10.9 Å². The topological polar surface area (TPSA) is 28.7 Å². The van der Waals surface area contributed by atoms with Crippen molar-refractivity contribution in [3.05, 3.63) is 35.0 Å². The zero-order valence-electron chi connectivity index (χ0n) is 10.7. The summed E-state index contributed by atoms with van der Waals surface area (Å²) in [7, 11) is 0. The van der Waals surface area contributed by atoms with Crippen molar-refractivity contribution >= 4 is 10.9 Å². The summed E-state index contributed by atoms with van der Waals surface area (Å²) < 4.78 is 2.45. The molecule has 2 aliphatic rings. The molecule has 2 aromatic rings. The van der Waals surface area contributed by atoms with E-state index in [1.807, 2.05) is 0 Å². The fourth-order valence-electron chi connectivity index (χ4n) is 3.67. The van der Waals surface area contributed by atoms with E-state index in [0.29, 0.717) is 0 Å². The van der Waals surface area contributed by atoms with E-state index >= 15 is 0 Å². The Labute approximate surface area is 107 Å². The number of benzene rings is 1. The molecule has 2 heterocycles. The number of aromatic nitrogens is 1. The van der Waals surface area contributed by atoms with Crippen molar-refractivity contribution in [2.75, 3.05) is 0 Å². The predicted molar refractivity (Wildman–Crippen MR) is 71.5 cm³/mol. The Hall–Kier alpha value is -1.75. The van der Waals surface area contributed by atoms with Gasteiger partial charge in [-0.2, -0.15) is 5.26 Å². The summed E-state index contributed by atoms with van der Waals surface area (Å²) in [6.07, 6.45) is 4.47. The fourth-order valence-corrected chi connectivity index (χ4v) is 3.67. The lowest BCUT2D eigenvalue weighted by atomic mass is 9.93. The van der Waals surface area contributed by atoms with E-state index in [0.717, 1.165) is 19.4 Å². The molecule has 1 aliphatic carbocycles. The molecule has 2 nitrogen and oxygen atoms in total. The largest absolute Gasteiger partial charge is 0.344 e. The third kappa shape index (κ3) is 1.07. The molecule has 4 rings (SSSR count). The van der Waals surface area contributed by atoms with Gasteiger partial charge in [-0.05, 0) is 38.2 Å². The highest BCUT2D eigenvalue weighted by atomic mass is 15.0. The van der Waals surface area contributed by atoms with E-state index < -0.39 is 0 Å². The molecule has 0 bridgehead atoms. The molecule has 1 aliphatic heterocycles. The van der Waals surface area contributed by atoms with Gasteiger partial charge in [0.25, 0.3) is 0 Å². The van der Waals surface area contributed by atoms with Crippen LogP contribution in [0.2, 0.25) is 0 Å². The third-order valence-corrected chi connectivity index (χ3v) is 4.70. The van der Waals surface area contributed by atoms with Crippen molar-refractivity contribution in [2.24, 2.45) is 0 Å². The Kier molecular flexibility index (Phi) is 1.80. The Bertz CT molecular complexity index is 696. The average molecular weight is 236 g/mol. The first-order valence-corrected chi connectivity index (χ1v) is 6.79. The molecule has 1 aromatic heterocycles. The van der Waals surface area contributed by atoms with Crippen LogP contribution < -0.4 is 0 Å². The van der Waals surface area contributed by atoms with Gasteiger partial charge in [0.1, 0.15) is 0 Å². The maximum atomic E-state index is 9.50. The molecule has 0 unspecified atom stereocenters. The zero-order chi connectivity index (χ0) is 12.3. The standard InChI is InChI=1S/C16H16N2/c1-11-14(16(10-17)7-8-16)13-6-2-4-12-5-3-9-18(11)15(12)13/h2,4,6H,3,5,7-9H2,1H3. The minimum absolute atomic E-state index is 0.170. The second-order valence-corrected chi connectivity index (χ2v) is 5.72. The van der Waals surface area contributed by atoms with Gasteiger partial charge in [0.15, 0.2) is 0 Å². The van der Waals surface area contributed by atoms with Crippen molar-refractivity contribution < 1.29 is 0 Å². The molecule has 0 spiro atoms. The Morgan fingerprint density at radius 1 is 1.33 bits per heavy atom. The second kappa shape index (κ2) is 3.17. The van der Waals surface area contributed by atoms with Crippen LogP contribution in [-0.4, -0.2) is 4.57 Å². The van der Waals surface area contributed by atoms with Crippen molar-refractivity contribution in [3.63, 3.8) is 0 Å². The first-order chi connectivity index (χ1) is 8.77. The number of hydrogen-bond donors (Lipinski definition) is 0. The zero-order valence-corrected chi connectivity index (χ0v) is 10.7. The minimum Gasteiger partial charge on any atom is -0.344 e. The van der Waals surface area contributed by atoms with E-state index in [9.17, 15) is 5.26 Å². The van der Waals surface area contributed by atoms with Gasteiger partial charge in [-0.1, -0.05) is 18.2 Å². The van der Waals surface area contributed by atoms with E-state index in [-0.39, 0.29) is 5.41 Å². The molecule has 1 aromatic carbocycles. The van der Waals surface area contributed by atoms with Gasteiger partial charge in [0, 0.05) is 23.2 Å². The lowest BCUT2D eigenvalue weighted by molar-refractivity contribution is 0.619. The average Bonchev–Trinajstić information content (AvgIpc) is 3.14. The first kappa shape index (κ1) is 10.2. The van der Waals surface area contributed by atoms with Gasteiger partial charge in [-0.25, -0.2) is 0 Å². The highest BCUT2D eigenvalue weighted by molar-refractivity contribution is 5.90. The van der Waals surface area contributed by atoms with Crippen LogP contribution in [0.5, 0.6) is 0 Å². The highest BCUT2D eigenvalue weighted by Gasteiger charge is 2.48.